The van der Waals surface area contributed by atoms with Crippen molar-refractivity contribution in [1.29, 1.82) is 0 Å². The van der Waals surface area contributed by atoms with Crippen LogP contribution in [0.15, 0.2) is 18.3 Å². The van der Waals surface area contributed by atoms with Crippen LogP contribution >= 0.6 is 0 Å². The van der Waals surface area contributed by atoms with Crippen LogP contribution in [0.5, 0.6) is 0 Å². The lowest BCUT2D eigenvalue weighted by Gasteiger charge is -2.01. The van der Waals surface area contributed by atoms with E-state index in [1.165, 1.54) is 0 Å². The van der Waals surface area contributed by atoms with Gasteiger partial charge in [0.25, 0.3) is 0 Å². The van der Waals surface area contributed by atoms with E-state index in [-0.39, 0.29) is 11.7 Å². The van der Waals surface area contributed by atoms with E-state index in [1.807, 2.05) is 25.3 Å². The Balaban J connectivity index is 1.83. The fourth-order valence-electron chi connectivity index (χ4n) is 2.41. The quantitative estimate of drug-likeness (QED) is 0.813. The second kappa shape index (κ2) is 4.05. The van der Waals surface area contributed by atoms with Crippen LogP contribution in [0.2, 0.25) is 0 Å². The van der Waals surface area contributed by atoms with E-state index in [1.54, 1.807) is 4.52 Å². The van der Waals surface area contributed by atoms with Gasteiger partial charge in [-0.2, -0.15) is 5.10 Å². The van der Waals surface area contributed by atoms with Crippen LogP contribution in [0, 0.1) is 12.8 Å². The summed E-state index contributed by atoms with van der Waals surface area (Å²) in [4.78, 5) is 4.42. The highest BCUT2D eigenvalue weighted by molar-refractivity contribution is 7.91. The van der Waals surface area contributed by atoms with Crippen molar-refractivity contribution < 1.29 is 8.42 Å². The Bertz CT molecular complexity index is 690. The number of sulfone groups is 1. The summed E-state index contributed by atoms with van der Waals surface area (Å²) in [5, 5.41) is 4.40. The third kappa shape index (κ3) is 2.25. The zero-order valence-electron chi connectivity index (χ0n) is 10.2. The molecular formula is C12H15N3O2S. The highest BCUT2D eigenvalue weighted by atomic mass is 32.2. The van der Waals surface area contributed by atoms with Crippen molar-refractivity contribution >= 4 is 15.5 Å². The van der Waals surface area contributed by atoms with Crippen molar-refractivity contribution in [2.75, 3.05) is 11.5 Å². The second-order valence-corrected chi connectivity index (χ2v) is 7.24. The topological polar surface area (TPSA) is 64.3 Å². The maximum atomic E-state index is 11.4. The summed E-state index contributed by atoms with van der Waals surface area (Å²) in [6.45, 7) is 2.00. The van der Waals surface area contributed by atoms with Gasteiger partial charge in [0.05, 0.1) is 11.5 Å². The molecule has 0 aromatic carbocycles. The zero-order valence-corrected chi connectivity index (χ0v) is 11.0. The molecule has 3 rings (SSSR count). The Kier molecular flexibility index (Phi) is 2.62. The molecule has 18 heavy (non-hydrogen) atoms. The molecule has 2 aromatic heterocycles. The van der Waals surface area contributed by atoms with Gasteiger partial charge in [0.15, 0.2) is 21.3 Å². The first-order valence-electron chi connectivity index (χ1n) is 6.04. The van der Waals surface area contributed by atoms with Gasteiger partial charge >= 0.3 is 0 Å². The smallest absolute Gasteiger partial charge is 0.155 e. The van der Waals surface area contributed by atoms with Crippen molar-refractivity contribution in [2.24, 2.45) is 5.92 Å². The van der Waals surface area contributed by atoms with Gasteiger partial charge in [0, 0.05) is 12.6 Å². The minimum absolute atomic E-state index is 0.175. The zero-order chi connectivity index (χ0) is 12.8. The number of hydrogen-bond donors (Lipinski definition) is 0. The average Bonchev–Trinajstić information content (AvgIpc) is 2.81. The summed E-state index contributed by atoms with van der Waals surface area (Å²) in [6.07, 6.45) is 3.31. The van der Waals surface area contributed by atoms with Gasteiger partial charge in [-0.25, -0.2) is 17.9 Å². The molecule has 0 N–H and O–H groups in total. The van der Waals surface area contributed by atoms with E-state index in [4.69, 9.17) is 0 Å². The summed E-state index contributed by atoms with van der Waals surface area (Å²) >= 11 is 0. The monoisotopic (exact) mass is 265 g/mol. The van der Waals surface area contributed by atoms with Gasteiger partial charge in [-0.3, -0.25) is 0 Å². The highest BCUT2D eigenvalue weighted by Gasteiger charge is 2.28. The normalized spacial score (nSPS) is 22.6. The lowest BCUT2D eigenvalue weighted by molar-refractivity contribution is 0.569. The largest absolute Gasteiger partial charge is 0.229 e. The summed E-state index contributed by atoms with van der Waals surface area (Å²) < 4.78 is 24.6. The van der Waals surface area contributed by atoms with Gasteiger partial charge in [-0.1, -0.05) is 6.07 Å². The molecule has 1 atom stereocenters. The van der Waals surface area contributed by atoms with Crippen molar-refractivity contribution in [1.82, 2.24) is 14.6 Å². The first-order valence-corrected chi connectivity index (χ1v) is 7.86. The molecule has 1 aliphatic rings. The van der Waals surface area contributed by atoms with Crippen LogP contribution in [0.4, 0.5) is 0 Å². The van der Waals surface area contributed by atoms with E-state index in [0.29, 0.717) is 12.2 Å². The van der Waals surface area contributed by atoms with E-state index < -0.39 is 9.84 Å². The van der Waals surface area contributed by atoms with E-state index >= 15 is 0 Å². The molecule has 0 aliphatic carbocycles. The average molecular weight is 265 g/mol. The van der Waals surface area contributed by atoms with Gasteiger partial charge in [0.2, 0.25) is 0 Å². The lowest BCUT2D eigenvalue weighted by Crippen LogP contribution is -2.08. The van der Waals surface area contributed by atoms with Crippen LogP contribution in [-0.4, -0.2) is 34.5 Å². The van der Waals surface area contributed by atoms with E-state index in [2.05, 4.69) is 10.1 Å². The summed E-state index contributed by atoms with van der Waals surface area (Å²) in [5.41, 5.74) is 1.94. The maximum absolute atomic E-state index is 11.4. The Morgan fingerprint density at radius 1 is 1.44 bits per heavy atom. The molecular weight excluding hydrogens is 250 g/mol. The van der Waals surface area contributed by atoms with Crippen molar-refractivity contribution in [2.45, 2.75) is 19.8 Å². The predicted molar refractivity (Wildman–Crippen MR) is 68.2 cm³/mol. The van der Waals surface area contributed by atoms with Gasteiger partial charge in [-0.05, 0) is 30.9 Å². The number of fused-ring (bicyclic) bond motifs is 1. The minimum atomic E-state index is -2.81. The molecule has 96 valence electrons. The SMILES string of the molecule is Cc1ccc2nc(CC3CCS(=O)(=O)C3)nn2c1. The Morgan fingerprint density at radius 2 is 2.28 bits per heavy atom. The molecule has 0 bridgehead atoms. The first kappa shape index (κ1) is 11.6. The maximum Gasteiger partial charge on any atom is 0.155 e. The molecule has 6 heteroatoms. The Hall–Kier alpha value is -1.43. The number of rotatable bonds is 2. The summed E-state index contributed by atoms with van der Waals surface area (Å²) in [6, 6.07) is 3.92. The van der Waals surface area contributed by atoms with Crippen LogP contribution < -0.4 is 0 Å². The molecule has 1 saturated heterocycles. The standard InChI is InChI=1S/C12H15N3O2S/c1-9-2-3-12-13-11(14-15(12)7-9)6-10-4-5-18(16,17)8-10/h2-3,7,10H,4-6,8H2,1H3. The number of pyridine rings is 1. The molecule has 1 unspecified atom stereocenters. The van der Waals surface area contributed by atoms with Crippen LogP contribution in [-0.2, 0) is 16.3 Å². The highest BCUT2D eigenvalue weighted by Crippen LogP contribution is 2.21. The Morgan fingerprint density at radius 3 is 3.00 bits per heavy atom. The fourth-order valence-corrected chi connectivity index (χ4v) is 4.27. The van der Waals surface area contributed by atoms with E-state index in [0.717, 1.165) is 23.5 Å². The van der Waals surface area contributed by atoms with Gasteiger partial charge < -0.3 is 0 Å². The van der Waals surface area contributed by atoms with Crippen molar-refractivity contribution in [3.63, 3.8) is 0 Å². The second-order valence-electron chi connectivity index (χ2n) is 5.01. The number of aryl methyl sites for hydroxylation is 1. The van der Waals surface area contributed by atoms with E-state index in [9.17, 15) is 8.42 Å². The molecule has 1 fully saturated rings. The lowest BCUT2D eigenvalue weighted by atomic mass is 10.1. The number of nitrogens with zero attached hydrogens (tertiary/aromatic N) is 3. The molecule has 0 amide bonds. The molecule has 0 radical (unpaired) electrons. The minimum Gasteiger partial charge on any atom is -0.229 e. The molecule has 2 aromatic rings. The fraction of sp³-hybridized carbons (Fsp3) is 0.500. The third-order valence-corrected chi connectivity index (χ3v) is 5.16. The van der Waals surface area contributed by atoms with Crippen LogP contribution in [0.1, 0.15) is 17.8 Å². The Labute approximate surface area is 106 Å². The van der Waals surface area contributed by atoms with Crippen molar-refractivity contribution in [3.8, 4) is 0 Å². The molecule has 0 spiro atoms. The van der Waals surface area contributed by atoms with Gasteiger partial charge in [0.1, 0.15) is 0 Å². The van der Waals surface area contributed by atoms with Crippen LogP contribution in [0.3, 0.4) is 0 Å². The predicted octanol–water partition coefficient (Wildman–Crippen LogP) is 1.01. The van der Waals surface area contributed by atoms with Gasteiger partial charge in [-0.15, -0.1) is 0 Å². The third-order valence-electron chi connectivity index (χ3n) is 3.32. The molecule has 3 heterocycles. The number of aromatic nitrogens is 3. The molecule has 5 nitrogen and oxygen atoms in total. The van der Waals surface area contributed by atoms with Crippen molar-refractivity contribution in [3.05, 3.63) is 29.7 Å². The number of hydrogen-bond acceptors (Lipinski definition) is 4. The first-order chi connectivity index (χ1) is 8.52. The summed E-state index contributed by atoms with van der Waals surface area (Å²) in [7, 11) is -2.81. The molecule has 1 aliphatic heterocycles. The van der Waals surface area contributed by atoms with Crippen LogP contribution in [0.25, 0.3) is 5.65 Å². The molecule has 0 saturated carbocycles. The summed E-state index contributed by atoms with van der Waals surface area (Å²) in [5.74, 6) is 1.50.